The summed E-state index contributed by atoms with van der Waals surface area (Å²) in [5, 5.41) is 2.63. The van der Waals surface area contributed by atoms with E-state index in [4.69, 9.17) is 18.9 Å². The first-order chi connectivity index (χ1) is 13.0. The van der Waals surface area contributed by atoms with E-state index in [1.54, 1.807) is 18.2 Å². The topological polar surface area (TPSA) is 83.1 Å². The average Bonchev–Trinajstić information content (AvgIpc) is 2.67. The Bertz CT molecular complexity index is 790. The number of esters is 1. The van der Waals surface area contributed by atoms with Crippen molar-refractivity contribution in [3.63, 3.8) is 0 Å². The molecule has 0 spiro atoms. The minimum Gasteiger partial charge on any atom is -0.493 e. The number of nitrogens with one attached hydrogen (secondary N) is 1. The number of methoxy groups -OCH3 is 2. The molecule has 144 valence electrons. The summed E-state index contributed by atoms with van der Waals surface area (Å²) in [6.07, 6.45) is 0.0535. The van der Waals surface area contributed by atoms with Crippen LogP contribution in [0.4, 0.5) is 5.69 Å². The maximum absolute atomic E-state index is 11.9. The Hall–Kier alpha value is -3.22. The molecular weight excluding hydrogens is 350 g/mol. The van der Waals surface area contributed by atoms with Gasteiger partial charge in [-0.3, -0.25) is 9.59 Å². The molecule has 0 aliphatic carbocycles. The van der Waals surface area contributed by atoms with E-state index in [9.17, 15) is 9.59 Å². The van der Waals surface area contributed by atoms with E-state index in [1.165, 1.54) is 14.2 Å². The molecule has 7 heteroatoms. The lowest BCUT2D eigenvalue weighted by atomic mass is 10.2. The van der Waals surface area contributed by atoms with Crippen LogP contribution in [0.1, 0.15) is 12.0 Å². The van der Waals surface area contributed by atoms with Gasteiger partial charge in [-0.15, -0.1) is 0 Å². The third-order valence-electron chi connectivity index (χ3n) is 3.69. The van der Waals surface area contributed by atoms with Gasteiger partial charge in [-0.05, 0) is 30.7 Å². The fraction of sp³-hybridized carbons (Fsp3) is 0.300. The van der Waals surface area contributed by atoms with Crippen LogP contribution < -0.4 is 19.5 Å². The second-order valence-corrected chi connectivity index (χ2v) is 5.64. The molecule has 0 heterocycles. The summed E-state index contributed by atoms with van der Waals surface area (Å²) < 4.78 is 20.8. The Morgan fingerprint density at radius 2 is 1.70 bits per heavy atom. The van der Waals surface area contributed by atoms with Gasteiger partial charge in [-0.2, -0.15) is 0 Å². The molecule has 0 saturated carbocycles. The van der Waals surface area contributed by atoms with E-state index in [0.717, 1.165) is 11.3 Å². The van der Waals surface area contributed by atoms with E-state index < -0.39 is 11.9 Å². The van der Waals surface area contributed by atoms with Crippen LogP contribution >= 0.6 is 0 Å². The molecule has 0 radical (unpaired) electrons. The molecule has 0 unspecified atom stereocenters. The van der Waals surface area contributed by atoms with Crippen molar-refractivity contribution in [1.82, 2.24) is 0 Å². The molecule has 0 bridgehead atoms. The Balaban J connectivity index is 1.73. The predicted molar refractivity (Wildman–Crippen MR) is 100 cm³/mol. The van der Waals surface area contributed by atoms with Gasteiger partial charge in [0.25, 0.3) is 5.91 Å². The van der Waals surface area contributed by atoms with Crippen LogP contribution in [0, 0.1) is 6.92 Å². The van der Waals surface area contributed by atoms with Gasteiger partial charge in [0, 0.05) is 11.8 Å². The molecule has 0 aliphatic rings. The summed E-state index contributed by atoms with van der Waals surface area (Å²) in [7, 11) is 3.03. The first-order valence-electron chi connectivity index (χ1n) is 8.39. The molecule has 0 atom stereocenters. The van der Waals surface area contributed by atoms with E-state index in [1.807, 2.05) is 31.2 Å². The molecule has 0 fully saturated rings. The van der Waals surface area contributed by atoms with E-state index in [0.29, 0.717) is 17.2 Å². The number of hydrogen-bond acceptors (Lipinski definition) is 6. The summed E-state index contributed by atoms with van der Waals surface area (Å²) in [5.41, 5.74) is 1.50. The van der Waals surface area contributed by atoms with E-state index >= 15 is 0 Å². The maximum Gasteiger partial charge on any atom is 0.309 e. The van der Waals surface area contributed by atoms with Crippen LogP contribution in [-0.2, 0) is 14.3 Å². The molecule has 2 aromatic rings. The zero-order valence-corrected chi connectivity index (χ0v) is 15.6. The summed E-state index contributed by atoms with van der Waals surface area (Å²) in [5.74, 6) is 0.800. The van der Waals surface area contributed by atoms with Gasteiger partial charge in [-0.1, -0.05) is 18.2 Å². The molecule has 1 amide bonds. The van der Waals surface area contributed by atoms with Crippen molar-refractivity contribution in [3.8, 4) is 17.2 Å². The maximum atomic E-state index is 11.9. The Labute approximate surface area is 158 Å². The number of aryl methyl sites for hydroxylation is 1. The highest BCUT2D eigenvalue weighted by Crippen LogP contribution is 2.29. The van der Waals surface area contributed by atoms with Crippen molar-refractivity contribution in [3.05, 3.63) is 48.0 Å². The number of benzene rings is 2. The number of anilines is 1. The van der Waals surface area contributed by atoms with Gasteiger partial charge in [0.1, 0.15) is 5.75 Å². The summed E-state index contributed by atoms with van der Waals surface area (Å²) in [4.78, 5) is 23.7. The SMILES string of the molecule is COc1ccc(NC(=O)COC(=O)CCOc2ccccc2C)cc1OC. The second kappa shape index (κ2) is 10.1. The highest BCUT2D eigenvalue weighted by atomic mass is 16.5. The smallest absolute Gasteiger partial charge is 0.309 e. The van der Waals surface area contributed by atoms with Crippen LogP contribution in [0.15, 0.2) is 42.5 Å². The van der Waals surface area contributed by atoms with Crippen LogP contribution in [0.2, 0.25) is 0 Å². The number of rotatable bonds is 9. The largest absolute Gasteiger partial charge is 0.493 e. The van der Waals surface area contributed by atoms with Gasteiger partial charge in [0.15, 0.2) is 18.1 Å². The number of ether oxygens (including phenoxy) is 4. The molecule has 27 heavy (non-hydrogen) atoms. The number of carbonyl (C=O) groups is 2. The van der Waals surface area contributed by atoms with Gasteiger partial charge in [0.2, 0.25) is 0 Å². The Kier molecular flexibility index (Phi) is 7.49. The third-order valence-corrected chi connectivity index (χ3v) is 3.69. The highest BCUT2D eigenvalue weighted by Gasteiger charge is 2.10. The third kappa shape index (κ3) is 6.22. The number of hydrogen-bond donors (Lipinski definition) is 1. The van der Waals surface area contributed by atoms with E-state index in [2.05, 4.69) is 5.32 Å². The molecule has 2 aromatic carbocycles. The second-order valence-electron chi connectivity index (χ2n) is 5.64. The lowest BCUT2D eigenvalue weighted by Gasteiger charge is -2.11. The monoisotopic (exact) mass is 373 g/mol. The lowest BCUT2D eigenvalue weighted by molar-refractivity contribution is -0.147. The van der Waals surface area contributed by atoms with Crippen LogP contribution in [0.5, 0.6) is 17.2 Å². The van der Waals surface area contributed by atoms with Crippen molar-refractivity contribution in [2.24, 2.45) is 0 Å². The van der Waals surface area contributed by atoms with Crippen molar-refractivity contribution >= 4 is 17.6 Å². The van der Waals surface area contributed by atoms with Crippen LogP contribution in [0.3, 0.4) is 0 Å². The lowest BCUT2D eigenvalue weighted by Crippen LogP contribution is -2.21. The molecular formula is C20H23NO6. The average molecular weight is 373 g/mol. The zero-order chi connectivity index (χ0) is 19.6. The highest BCUT2D eigenvalue weighted by molar-refractivity contribution is 5.93. The Morgan fingerprint density at radius 3 is 2.41 bits per heavy atom. The Morgan fingerprint density at radius 1 is 0.963 bits per heavy atom. The van der Waals surface area contributed by atoms with Crippen molar-refractivity contribution in [1.29, 1.82) is 0 Å². The van der Waals surface area contributed by atoms with Crippen molar-refractivity contribution < 1.29 is 28.5 Å². The van der Waals surface area contributed by atoms with Gasteiger partial charge in [-0.25, -0.2) is 0 Å². The fourth-order valence-corrected chi connectivity index (χ4v) is 2.29. The first kappa shape index (κ1) is 20.1. The molecule has 1 N–H and O–H groups in total. The fourth-order valence-electron chi connectivity index (χ4n) is 2.29. The molecule has 0 aromatic heterocycles. The number of amides is 1. The van der Waals surface area contributed by atoms with Crippen LogP contribution in [0.25, 0.3) is 0 Å². The van der Waals surface area contributed by atoms with Gasteiger partial charge < -0.3 is 24.3 Å². The quantitative estimate of drug-likeness (QED) is 0.681. The van der Waals surface area contributed by atoms with E-state index in [-0.39, 0.29) is 19.6 Å². The predicted octanol–water partition coefficient (Wildman–Crippen LogP) is 2.96. The molecule has 2 rings (SSSR count). The zero-order valence-electron chi connectivity index (χ0n) is 15.6. The summed E-state index contributed by atoms with van der Waals surface area (Å²) >= 11 is 0. The normalized spacial score (nSPS) is 10.0. The summed E-state index contributed by atoms with van der Waals surface area (Å²) in [6, 6.07) is 12.5. The van der Waals surface area contributed by atoms with Crippen LogP contribution in [-0.4, -0.2) is 39.3 Å². The molecule has 0 saturated heterocycles. The standard InChI is InChI=1S/C20H23NO6/c1-14-6-4-5-7-16(14)26-11-10-20(23)27-13-19(22)21-15-8-9-17(24-2)18(12-15)25-3/h4-9,12H,10-11,13H2,1-3H3,(H,21,22). The minimum atomic E-state index is -0.508. The molecule has 7 nitrogen and oxygen atoms in total. The van der Waals surface area contributed by atoms with Gasteiger partial charge in [0.05, 0.1) is 27.2 Å². The number of para-hydroxylation sites is 1. The minimum absolute atomic E-state index is 0.0535. The van der Waals surface area contributed by atoms with Crippen molar-refractivity contribution in [2.45, 2.75) is 13.3 Å². The molecule has 0 aliphatic heterocycles. The van der Waals surface area contributed by atoms with Crippen molar-refractivity contribution in [2.75, 3.05) is 32.8 Å². The number of carbonyl (C=O) groups excluding carboxylic acids is 2. The first-order valence-corrected chi connectivity index (χ1v) is 8.39. The van der Waals surface area contributed by atoms with Gasteiger partial charge >= 0.3 is 5.97 Å². The summed E-state index contributed by atoms with van der Waals surface area (Å²) in [6.45, 7) is 1.73.